The van der Waals surface area contributed by atoms with E-state index in [0.29, 0.717) is 0 Å². The lowest BCUT2D eigenvalue weighted by Crippen LogP contribution is -2.47. The largest absolute Gasteiger partial charge is 0.350 e. The standard InChI is InChI=1S/C16H15N3O4S/c1-10(20)18-12(9-24-13-7-14(21)19-16(13)23)15(22)17-8-11-5-3-2-4-6-11/h2-3,5,7,12H,8-9H2,1H3,(H,17,22)(H,18,20)(H,19,21,23). The van der Waals surface area contributed by atoms with E-state index in [-0.39, 0.29) is 29.0 Å². The molecule has 3 N–H and O–H groups in total. The molecular formula is C16H15N3O4S. The Bertz CT molecular complexity index is 688. The van der Waals surface area contributed by atoms with E-state index in [1.54, 1.807) is 18.2 Å². The third kappa shape index (κ3) is 5.14. The Kier molecular flexibility index (Phi) is 5.98. The second-order valence-electron chi connectivity index (χ2n) is 4.93. The van der Waals surface area contributed by atoms with Gasteiger partial charge in [0.1, 0.15) is 6.04 Å². The lowest BCUT2D eigenvalue weighted by molar-refractivity contribution is -0.127. The molecule has 0 fully saturated rings. The highest BCUT2D eigenvalue weighted by Crippen LogP contribution is 2.20. The van der Waals surface area contributed by atoms with Crippen LogP contribution in [0.4, 0.5) is 0 Å². The van der Waals surface area contributed by atoms with Crippen LogP contribution in [0.15, 0.2) is 29.2 Å². The average Bonchev–Trinajstić information content (AvgIpc) is 2.87. The maximum atomic E-state index is 12.3. The topological polar surface area (TPSA) is 104 Å². The Labute approximate surface area is 143 Å². The summed E-state index contributed by atoms with van der Waals surface area (Å²) in [5, 5.41) is 7.35. The van der Waals surface area contributed by atoms with Crippen LogP contribution >= 0.6 is 11.8 Å². The van der Waals surface area contributed by atoms with E-state index in [4.69, 9.17) is 0 Å². The van der Waals surface area contributed by atoms with Crippen LogP contribution < -0.4 is 16.0 Å². The molecule has 1 atom stereocenters. The molecule has 4 amide bonds. The van der Waals surface area contributed by atoms with Crippen LogP contribution in [0.3, 0.4) is 0 Å². The summed E-state index contributed by atoms with van der Waals surface area (Å²) in [7, 11) is 0. The first-order chi connectivity index (χ1) is 11.5. The molecule has 1 aromatic carbocycles. The van der Waals surface area contributed by atoms with Gasteiger partial charge < -0.3 is 10.6 Å². The van der Waals surface area contributed by atoms with Crippen molar-refractivity contribution in [3.05, 3.63) is 46.9 Å². The highest BCUT2D eigenvalue weighted by atomic mass is 32.2. The van der Waals surface area contributed by atoms with Crippen LogP contribution in [0.5, 0.6) is 0 Å². The van der Waals surface area contributed by atoms with E-state index in [0.717, 1.165) is 17.3 Å². The lowest BCUT2D eigenvalue weighted by atomic mass is 10.2. The first kappa shape index (κ1) is 17.6. The number of amides is 4. The van der Waals surface area contributed by atoms with Gasteiger partial charge >= 0.3 is 0 Å². The summed E-state index contributed by atoms with van der Waals surface area (Å²) in [6.07, 6.45) is 1.17. The van der Waals surface area contributed by atoms with Crippen LogP contribution in [0.1, 0.15) is 12.5 Å². The minimum atomic E-state index is -0.829. The van der Waals surface area contributed by atoms with Crippen molar-refractivity contribution in [2.45, 2.75) is 19.5 Å². The van der Waals surface area contributed by atoms with E-state index in [2.05, 4.69) is 28.1 Å². The van der Waals surface area contributed by atoms with Gasteiger partial charge in [0.25, 0.3) is 11.8 Å². The highest BCUT2D eigenvalue weighted by molar-refractivity contribution is 8.04. The number of thioether (sulfide) groups is 1. The van der Waals surface area contributed by atoms with Gasteiger partial charge in [0.15, 0.2) is 0 Å². The van der Waals surface area contributed by atoms with Gasteiger partial charge in [0, 0.05) is 24.3 Å². The van der Waals surface area contributed by atoms with Gasteiger partial charge in [-0.2, -0.15) is 0 Å². The second-order valence-corrected chi connectivity index (χ2v) is 5.99. The summed E-state index contributed by atoms with van der Waals surface area (Å²) in [5.41, 5.74) is 0.753. The third-order valence-electron chi connectivity index (χ3n) is 2.98. The van der Waals surface area contributed by atoms with Gasteiger partial charge in [0.2, 0.25) is 11.8 Å². The summed E-state index contributed by atoms with van der Waals surface area (Å²) in [4.78, 5) is 46.3. The Morgan fingerprint density at radius 3 is 2.75 bits per heavy atom. The molecule has 1 aliphatic rings. The molecule has 7 nitrogen and oxygen atoms in total. The fourth-order valence-electron chi connectivity index (χ4n) is 1.90. The van der Waals surface area contributed by atoms with Crippen molar-refractivity contribution in [1.82, 2.24) is 16.0 Å². The van der Waals surface area contributed by atoms with Crippen molar-refractivity contribution in [3.8, 4) is 0 Å². The predicted molar refractivity (Wildman–Crippen MR) is 87.3 cm³/mol. The van der Waals surface area contributed by atoms with E-state index in [1.165, 1.54) is 13.0 Å². The number of carbonyl (C=O) groups excluding carboxylic acids is 4. The van der Waals surface area contributed by atoms with Gasteiger partial charge in [-0.25, -0.2) is 0 Å². The molecule has 8 heteroatoms. The maximum absolute atomic E-state index is 12.3. The Morgan fingerprint density at radius 2 is 2.17 bits per heavy atom. The highest BCUT2D eigenvalue weighted by Gasteiger charge is 2.25. The molecule has 0 saturated carbocycles. The summed E-state index contributed by atoms with van der Waals surface area (Å²) in [5.74, 6) is -1.61. The molecule has 0 bridgehead atoms. The van der Waals surface area contributed by atoms with Crippen molar-refractivity contribution < 1.29 is 19.2 Å². The molecule has 124 valence electrons. The molecule has 0 radical (unpaired) electrons. The van der Waals surface area contributed by atoms with Crippen molar-refractivity contribution in [2.24, 2.45) is 0 Å². The van der Waals surface area contributed by atoms with Gasteiger partial charge in [-0.3, -0.25) is 24.5 Å². The fourth-order valence-corrected chi connectivity index (χ4v) is 2.85. The minimum absolute atomic E-state index is 0.128. The van der Waals surface area contributed by atoms with Crippen LogP contribution in [-0.2, 0) is 25.7 Å². The normalized spacial score (nSPS) is 14.3. The summed E-state index contributed by atoms with van der Waals surface area (Å²) in [6, 6.07) is 10.1. The molecule has 0 saturated heterocycles. The van der Waals surface area contributed by atoms with E-state index in [1.807, 2.05) is 0 Å². The van der Waals surface area contributed by atoms with Gasteiger partial charge in [-0.1, -0.05) is 18.2 Å². The molecule has 0 aromatic heterocycles. The molecule has 2 rings (SSSR count). The zero-order valence-corrected chi connectivity index (χ0v) is 13.7. The molecule has 1 heterocycles. The van der Waals surface area contributed by atoms with Crippen molar-refractivity contribution in [3.63, 3.8) is 0 Å². The van der Waals surface area contributed by atoms with E-state index < -0.39 is 17.9 Å². The predicted octanol–water partition coefficient (Wildman–Crippen LogP) is -0.319. The van der Waals surface area contributed by atoms with E-state index >= 15 is 0 Å². The molecule has 0 aliphatic carbocycles. The SMILES string of the molecule is CC(=O)NC(CSC1=CC(=O)NC1=O)C(=O)NCc1c#cccc1. The zero-order valence-electron chi connectivity index (χ0n) is 12.8. The van der Waals surface area contributed by atoms with Crippen molar-refractivity contribution >= 4 is 35.4 Å². The van der Waals surface area contributed by atoms with Crippen LogP contribution in [0, 0.1) is 12.1 Å². The first-order valence-electron chi connectivity index (χ1n) is 7.07. The molecule has 1 aromatic rings. The quantitative estimate of drug-likeness (QED) is 0.588. The first-order valence-corrected chi connectivity index (χ1v) is 8.06. The van der Waals surface area contributed by atoms with Crippen LogP contribution in [-0.4, -0.2) is 35.4 Å². The monoisotopic (exact) mass is 345 g/mol. The number of carbonyl (C=O) groups is 4. The van der Waals surface area contributed by atoms with Gasteiger partial charge in [-0.05, 0) is 12.1 Å². The summed E-state index contributed by atoms with van der Waals surface area (Å²) in [6.45, 7) is 1.55. The van der Waals surface area contributed by atoms with E-state index in [9.17, 15) is 19.2 Å². The molecular weight excluding hydrogens is 330 g/mol. The summed E-state index contributed by atoms with van der Waals surface area (Å²) < 4.78 is 0. The fraction of sp³-hybridized carbons (Fsp3) is 0.250. The third-order valence-corrected chi connectivity index (χ3v) is 4.10. The Morgan fingerprint density at radius 1 is 1.38 bits per heavy atom. The minimum Gasteiger partial charge on any atom is -0.350 e. The number of nitrogens with one attached hydrogen (secondary N) is 3. The molecule has 1 aliphatic heterocycles. The number of hydrogen-bond acceptors (Lipinski definition) is 5. The summed E-state index contributed by atoms with van der Waals surface area (Å²) >= 11 is 1.03. The van der Waals surface area contributed by atoms with Crippen LogP contribution in [0.2, 0.25) is 0 Å². The molecule has 0 spiro atoms. The lowest BCUT2D eigenvalue weighted by Gasteiger charge is -2.17. The zero-order chi connectivity index (χ0) is 17.5. The number of rotatable bonds is 7. The van der Waals surface area contributed by atoms with Crippen molar-refractivity contribution in [2.75, 3.05) is 5.75 Å². The molecule has 1 unspecified atom stereocenters. The average molecular weight is 345 g/mol. The van der Waals surface area contributed by atoms with Gasteiger partial charge in [-0.15, -0.1) is 11.8 Å². The Hall–Kier alpha value is -2.79. The van der Waals surface area contributed by atoms with Crippen LogP contribution in [0.25, 0.3) is 0 Å². The number of hydrogen-bond donors (Lipinski definition) is 3. The van der Waals surface area contributed by atoms with Crippen molar-refractivity contribution in [1.29, 1.82) is 0 Å². The smallest absolute Gasteiger partial charge is 0.264 e. The number of imide groups is 1. The second kappa shape index (κ2) is 8.17. The van der Waals surface area contributed by atoms with Gasteiger partial charge in [0.05, 0.1) is 11.4 Å². The molecule has 24 heavy (non-hydrogen) atoms. The Balaban J connectivity index is 1.93. The maximum Gasteiger partial charge on any atom is 0.264 e.